The standard InChI is InChI=1S/C16H22N2O3/c1-12-3-2-6-18(10-12)16(19)9-17-8-13-4-5-14-15(7-13)21-11-20-14/h4-5,7,12,17H,2-3,6,8-11H2,1H3. The molecule has 2 aliphatic heterocycles. The molecule has 1 atom stereocenters. The highest BCUT2D eigenvalue weighted by molar-refractivity contribution is 5.78. The summed E-state index contributed by atoms with van der Waals surface area (Å²) < 4.78 is 10.6. The van der Waals surface area contributed by atoms with Gasteiger partial charge in [0.2, 0.25) is 12.7 Å². The minimum atomic E-state index is 0.197. The smallest absolute Gasteiger partial charge is 0.236 e. The molecule has 0 aliphatic carbocycles. The number of benzene rings is 1. The Morgan fingerprint density at radius 1 is 1.38 bits per heavy atom. The van der Waals surface area contributed by atoms with Crippen molar-refractivity contribution in [2.75, 3.05) is 26.4 Å². The minimum Gasteiger partial charge on any atom is -0.454 e. The summed E-state index contributed by atoms with van der Waals surface area (Å²) in [6, 6.07) is 5.87. The number of carbonyl (C=O) groups excluding carboxylic acids is 1. The van der Waals surface area contributed by atoms with Gasteiger partial charge in [-0.25, -0.2) is 0 Å². The predicted octanol–water partition coefficient (Wildman–Crippen LogP) is 1.76. The van der Waals surface area contributed by atoms with Crippen molar-refractivity contribution in [3.05, 3.63) is 23.8 Å². The van der Waals surface area contributed by atoms with Crippen LogP contribution in [0.1, 0.15) is 25.3 Å². The van der Waals surface area contributed by atoms with E-state index in [9.17, 15) is 4.79 Å². The molecule has 3 rings (SSSR count). The van der Waals surface area contributed by atoms with Crippen LogP contribution in [0, 0.1) is 5.92 Å². The number of rotatable bonds is 4. The fourth-order valence-electron chi connectivity index (χ4n) is 2.89. The van der Waals surface area contributed by atoms with Crippen LogP contribution in [0.4, 0.5) is 0 Å². The first kappa shape index (κ1) is 14.2. The van der Waals surface area contributed by atoms with Crippen LogP contribution in [-0.4, -0.2) is 37.2 Å². The first-order chi connectivity index (χ1) is 10.2. The van der Waals surface area contributed by atoms with E-state index >= 15 is 0 Å². The van der Waals surface area contributed by atoms with Crippen LogP contribution in [0.3, 0.4) is 0 Å². The van der Waals surface area contributed by atoms with Gasteiger partial charge in [0.05, 0.1) is 6.54 Å². The molecule has 0 aromatic heterocycles. The van der Waals surface area contributed by atoms with Crippen molar-refractivity contribution in [3.8, 4) is 11.5 Å². The van der Waals surface area contributed by atoms with Crippen molar-refractivity contribution in [2.24, 2.45) is 5.92 Å². The highest BCUT2D eigenvalue weighted by Crippen LogP contribution is 2.32. The van der Waals surface area contributed by atoms with Crippen molar-refractivity contribution in [2.45, 2.75) is 26.3 Å². The van der Waals surface area contributed by atoms with Crippen LogP contribution in [-0.2, 0) is 11.3 Å². The zero-order chi connectivity index (χ0) is 14.7. The summed E-state index contributed by atoms with van der Waals surface area (Å²) in [6.07, 6.45) is 2.35. The van der Waals surface area contributed by atoms with E-state index in [1.807, 2.05) is 23.1 Å². The summed E-state index contributed by atoms with van der Waals surface area (Å²) in [5, 5.41) is 3.22. The number of nitrogens with one attached hydrogen (secondary N) is 1. The Morgan fingerprint density at radius 3 is 3.10 bits per heavy atom. The highest BCUT2D eigenvalue weighted by Gasteiger charge is 2.20. The summed E-state index contributed by atoms with van der Waals surface area (Å²) in [7, 11) is 0. The van der Waals surface area contributed by atoms with Gasteiger partial charge in [-0.1, -0.05) is 13.0 Å². The third-order valence-corrected chi connectivity index (χ3v) is 4.05. The maximum absolute atomic E-state index is 12.1. The highest BCUT2D eigenvalue weighted by atomic mass is 16.7. The molecule has 0 saturated carbocycles. The number of nitrogens with zero attached hydrogens (tertiary/aromatic N) is 1. The molecule has 1 unspecified atom stereocenters. The second-order valence-corrected chi connectivity index (χ2v) is 5.88. The number of hydrogen-bond donors (Lipinski definition) is 1. The van der Waals surface area contributed by atoms with Crippen molar-refractivity contribution in [3.63, 3.8) is 0 Å². The van der Waals surface area contributed by atoms with Gasteiger partial charge in [-0.2, -0.15) is 0 Å². The summed E-state index contributed by atoms with van der Waals surface area (Å²) in [6.45, 7) is 5.34. The third kappa shape index (κ3) is 3.47. The fourth-order valence-corrected chi connectivity index (χ4v) is 2.89. The maximum atomic E-state index is 12.1. The number of amides is 1. The summed E-state index contributed by atoms with van der Waals surface area (Å²) >= 11 is 0. The zero-order valence-electron chi connectivity index (χ0n) is 12.4. The van der Waals surface area contributed by atoms with Gasteiger partial charge in [0, 0.05) is 19.6 Å². The molecule has 0 spiro atoms. The summed E-state index contributed by atoms with van der Waals surface area (Å²) in [5.74, 6) is 2.39. The number of fused-ring (bicyclic) bond motifs is 1. The minimum absolute atomic E-state index is 0.197. The Kier molecular flexibility index (Phi) is 4.29. The van der Waals surface area contributed by atoms with Gasteiger partial charge in [0.25, 0.3) is 0 Å². The Hall–Kier alpha value is -1.75. The van der Waals surface area contributed by atoms with E-state index in [-0.39, 0.29) is 12.7 Å². The van der Waals surface area contributed by atoms with Crippen LogP contribution < -0.4 is 14.8 Å². The molecule has 1 amide bonds. The van der Waals surface area contributed by atoms with E-state index in [1.165, 1.54) is 6.42 Å². The van der Waals surface area contributed by atoms with Crippen molar-refractivity contribution >= 4 is 5.91 Å². The number of piperidine rings is 1. The van der Waals surface area contributed by atoms with Crippen LogP contribution in [0.5, 0.6) is 11.5 Å². The van der Waals surface area contributed by atoms with Gasteiger partial charge < -0.3 is 19.7 Å². The lowest BCUT2D eigenvalue weighted by Gasteiger charge is -2.31. The summed E-state index contributed by atoms with van der Waals surface area (Å²) in [4.78, 5) is 14.1. The lowest BCUT2D eigenvalue weighted by atomic mass is 10.0. The monoisotopic (exact) mass is 290 g/mol. The number of hydrogen-bond acceptors (Lipinski definition) is 4. The van der Waals surface area contributed by atoms with Gasteiger partial charge >= 0.3 is 0 Å². The molecule has 5 nitrogen and oxygen atoms in total. The lowest BCUT2D eigenvalue weighted by Crippen LogP contribution is -2.43. The SMILES string of the molecule is CC1CCCN(C(=O)CNCc2ccc3c(c2)OCO3)C1. The Balaban J connectivity index is 1.46. The van der Waals surface area contributed by atoms with Gasteiger partial charge in [-0.05, 0) is 36.5 Å². The van der Waals surface area contributed by atoms with Crippen molar-refractivity contribution < 1.29 is 14.3 Å². The van der Waals surface area contributed by atoms with Crippen molar-refractivity contribution in [1.29, 1.82) is 0 Å². The average molecular weight is 290 g/mol. The first-order valence-corrected chi connectivity index (χ1v) is 7.59. The van der Waals surface area contributed by atoms with E-state index < -0.39 is 0 Å². The molecule has 114 valence electrons. The molecule has 2 heterocycles. The molecule has 1 aromatic rings. The quantitative estimate of drug-likeness (QED) is 0.918. The van der Waals surface area contributed by atoms with Crippen molar-refractivity contribution in [1.82, 2.24) is 10.2 Å². The average Bonchev–Trinajstić information content (AvgIpc) is 2.94. The van der Waals surface area contributed by atoms with Crippen LogP contribution in [0.25, 0.3) is 0 Å². The van der Waals surface area contributed by atoms with Crippen LogP contribution in [0.15, 0.2) is 18.2 Å². The molecule has 21 heavy (non-hydrogen) atoms. The third-order valence-electron chi connectivity index (χ3n) is 4.05. The Morgan fingerprint density at radius 2 is 2.24 bits per heavy atom. The second kappa shape index (κ2) is 6.35. The molecule has 1 N–H and O–H groups in total. The fraction of sp³-hybridized carbons (Fsp3) is 0.562. The molecule has 2 aliphatic rings. The molecular formula is C16H22N2O3. The predicted molar refractivity (Wildman–Crippen MR) is 79.2 cm³/mol. The van der Waals surface area contributed by atoms with Crippen LogP contribution >= 0.6 is 0 Å². The van der Waals surface area contributed by atoms with Gasteiger partial charge in [0.1, 0.15) is 0 Å². The van der Waals surface area contributed by atoms with Gasteiger partial charge in [-0.15, -0.1) is 0 Å². The zero-order valence-corrected chi connectivity index (χ0v) is 12.4. The number of ether oxygens (including phenoxy) is 2. The number of carbonyl (C=O) groups is 1. The number of likely N-dealkylation sites (tertiary alicyclic amines) is 1. The van der Waals surface area contributed by atoms with E-state index in [4.69, 9.17) is 9.47 Å². The van der Waals surface area contributed by atoms with Gasteiger partial charge in [-0.3, -0.25) is 4.79 Å². The largest absolute Gasteiger partial charge is 0.454 e. The Labute approximate surface area is 125 Å². The first-order valence-electron chi connectivity index (χ1n) is 7.59. The molecule has 0 bridgehead atoms. The summed E-state index contributed by atoms with van der Waals surface area (Å²) in [5.41, 5.74) is 1.10. The molecule has 1 saturated heterocycles. The van der Waals surface area contributed by atoms with E-state index in [1.54, 1.807) is 0 Å². The van der Waals surface area contributed by atoms with E-state index in [0.29, 0.717) is 19.0 Å². The molecule has 0 radical (unpaired) electrons. The van der Waals surface area contributed by atoms with E-state index in [0.717, 1.165) is 36.6 Å². The topological polar surface area (TPSA) is 50.8 Å². The molecule has 1 fully saturated rings. The normalized spacial score (nSPS) is 20.6. The lowest BCUT2D eigenvalue weighted by molar-refractivity contribution is -0.131. The molecular weight excluding hydrogens is 268 g/mol. The molecule has 1 aromatic carbocycles. The maximum Gasteiger partial charge on any atom is 0.236 e. The Bertz CT molecular complexity index is 518. The van der Waals surface area contributed by atoms with E-state index in [2.05, 4.69) is 12.2 Å². The van der Waals surface area contributed by atoms with Gasteiger partial charge in [0.15, 0.2) is 11.5 Å². The molecule has 5 heteroatoms. The van der Waals surface area contributed by atoms with Crippen LogP contribution in [0.2, 0.25) is 0 Å². The second-order valence-electron chi connectivity index (χ2n) is 5.88.